The molecule has 0 aromatic heterocycles. The second-order valence-electron chi connectivity index (χ2n) is 12.8. The van der Waals surface area contributed by atoms with Gasteiger partial charge in [0, 0.05) is 59.8 Å². The van der Waals surface area contributed by atoms with E-state index in [1.54, 1.807) is 4.90 Å². The highest BCUT2D eigenvalue weighted by molar-refractivity contribution is 9.11. The minimum Gasteiger partial charge on any atom is -0.397 e. The van der Waals surface area contributed by atoms with Gasteiger partial charge in [0.05, 0.1) is 5.69 Å². The number of nitrogens with zero attached hydrogens (tertiary/aromatic N) is 4. The number of urea groups is 2. The number of fused-ring (bicyclic) bond motifs is 1. The summed E-state index contributed by atoms with van der Waals surface area (Å²) < 4.78 is 1.49. The molecule has 0 radical (unpaired) electrons. The van der Waals surface area contributed by atoms with Crippen molar-refractivity contribution in [1.82, 2.24) is 24.9 Å². The molecule has 1 atom stereocenters. The van der Waals surface area contributed by atoms with Crippen LogP contribution in [-0.4, -0.2) is 96.5 Å². The number of nitrogens with two attached hydrogens (primary N) is 1. The Morgan fingerprint density at radius 3 is 2.33 bits per heavy atom. The number of hydrogen-bond acceptors (Lipinski definition) is 5. The third-order valence-electron chi connectivity index (χ3n) is 9.37. The first-order valence-corrected chi connectivity index (χ1v) is 17.6. The number of benzene rings is 2. The van der Waals surface area contributed by atoms with Crippen LogP contribution in [0.5, 0.6) is 0 Å². The number of anilines is 2. The number of hydrogen-bond donors (Lipinski definition) is 3. The lowest BCUT2D eigenvalue weighted by Crippen LogP contribution is -2.57. The number of carbonyl (C=O) groups is 3. The van der Waals surface area contributed by atoms with E-state index in [1.165, 1.54) is 6.42 Å². The molecule has 2 aromatic rings. The summed E-state index contributed by atoms with van der Waals surface area (Å²) in [7, 11) is 4.20. The molecule has 0 unspecified atom stereocenters. The number of nitrogens with one attached hydrogen (secondary N) is 2. The first-order chi connectivity index (χ1) is 21.6. The molecule has 3 aliphatic heterocycles. The standard InChI is InChI=1S/C33H45Br2N7O3/c1-39(2)13-5-6-22-9-14-40(15-10-22)31(43)29(20-23-18-26(34)30(36)27(35)19-23)38-32(44)41-16-11-25(12-17-41)42-21-24-7-3-4-8-28(24)37-33(42)45/h3-4,7-8,18-19,22,25,29H,5-6,9-17,20-21,36H2,1-2H3,(H,37,45)(H,38,44)/t29-/m1/s1. The molecule has 5 amide bonds. The van der Waals surface area contributed by atoms with Crippen molar-refractivity contribution in [2.45, 2.75) is 63.6 Å². The highest BCUT2D eigenvalue weighted by Gasteiger charge is 2.35. The third kappa shape index (κ3) is 8.51. The summed E-state index contributed by atoms with van der Waals surface area (Å²) in [5, 5.41) is 6.09. The van der Waals surface area contributed by atoms with Gasteiger partial charge in [0.25, 0.3) is 0 Å². The normalized spacial score (nSPS) is 18.5. The second kappa shape index (κ2) is 15.2. The topological polar surface area (TPSA) is 114 Å². The van der Waals surface area contributed by atoms with E-state index < -0.39 is 6.04 Å². The maximum atomic E-state index is 13.9. The molecule has 2 aromatic carbocycles. The summed E-state index contributed by atoms with van der Waals surface area (Å²) in [5.74, 6) is 0.584. The maximum Gasteiger partial charge on any atom is 0.322 e. The molecular formula is C33H45Br2N7O3. The quantitative estimate of drug-likeness (QED) is 0.293. The van der Waals surface area contributed by atoms with Gasteiger partial charge in [0.15, 0.2) is 0 Å². The molecule has 0 bridgehead atoms. The Balaban J connectivity index is 1.21. The van der Waals surface area contributed by atoms with Crippen molar-refractivity contribution < 1.29 is 14.4 Å². The van der Waals surface area contributed by atoms with Crippen molar-refractivity contribution in [3.05, 3.63) is 56.5 Å². The summed E-state index contributed by atoms with van der Waals surface area (Å²) in [6.07, 6.45) is 6.03. The van der Waals surface area contributed by atoms with Gasteiger partial charge in [-0.2, -0.15) is 0 Å². The number of halogens is 2. The average molecular weight is 748 g/mol. The molecule has 2 saturated heterocycles. The lowest BCUT2D eigenvalue weighted by Gasteiger charge is -2.41. The van der Waals surface area contributed by atoms with Crippen LogP contribution >= 0.6 is 31.9 Å². The van der Waals surface area contributed by atoms with Crippen LogP contribution in [-0.2, 0) is 17.8 Å². The summed E-state index contributed by atoms with van der Waals surface area (Å²) in [6.45, 7) is 4.09. The largest absolute Gasteiger partial charge is 0.397 e. The first-order valence-electron chi connectivity index (χ1n) is 16.0. The van der Waals surface area contributed by atoms with Crippen LogP contribution in [0.2, 0.25) is 0 Å². The molecule has 0 saturated carbocycles. The molecule has 0 spiro atoms. The summed E-state index contributed by atoms with van der Waals surface area (Å²) in [5.41, 5.74) is 9.57. The van der Waals surface area contributed by atoms with Crippen molar-refractivity contribution in [3.8, 4) is 0 Å². The minimum atomic E-state index is -0.702. The maximum absolute atomic E-state index is 13.9. The number of likely N-dealkylation sites (tertiary alicyclic amines) is 2. The Bertz CT molecular complexity index is 1350. The lowest BCUT2D eigenvalue weighted by atomic mass is 9.91. The molecule has 244 valence electrons. The zero-order chi connectivity index (χ0) is 32.1. The van der Waals surface area contributed by atoms with Crippen LogP contribution in [0.1, 0.15) is 49.7 Å². The number of nitrogen functional groups attached to an aromatic ring is 1. The van der Waals surface area contributed by atoms with Crippen LogP contribution in [0.15, 0.2) is 45.3 Å². The molecule has 45 heavy (non-hydrogen) atoms. The van der Waals surface area contributed by atoms with E-state index in [9.17, 15) is 14.4 Å². The van der Waals surface area contributed by atoms with E-state index in [4.69, 9.17) is 5.73 Å². The van der Waals surface area contributed by atoms with Crippen LogP contribution < -0.4 is 16.4 Å². The van der Waals surface area contributed by atoms with E-state index in [0.29, 0.717) is 63.6 Å². The minimum absolute atomic E-state index is 0.0438. The molecule has 3 heterocycles. The zero-order valence-corrected chi connectivity index (χ0v) is 29.4. The highest BCUT2D eigenvalue weighted by atomic mass is 79.9. The average Bonchev–Trinajstić information content (AvgIpc) is 3.03. The molecule has 5 rings (SSSR count). The number of para-hydroxylation sites is 1. The summed E-state index contributed by atoms with van der Waals surface area (Å²) >= 11 is 7.04. The van der Waals surface area contributed by atoms with Gasteiger partial charge in [0.1, 0.15) is 6.04 Å². The van der Waals surface area contributed by atoms with Crippen LogP contribution in [0.4, 0.5) is 21.0 Å². The van der Waals surface area contributed by atoms with Gasteiger partial charge >= 0.3 is 12.1 Å². The fourth-order valence-electron chi connectivity index (χ4n) is 6.69. The fourth-order valence-corrected chi connectivity index (χ4v) is 7.97. The van der Waals surface area contributed by atoms with E-state index in [2.05, 4.69) is 61.5 Å². The van der Waals surface area contributed by atoms with E-state index >= 15 is 0 Å². The molecule has 4 N–H and O–H groups in total. The van der Waals surface area contributed by atoms with Crippen molar-refractivity contribution in [1.29, 1.82) is 0 Å². The number of rotatable bonds is 9. The van der Waals surface area contributed by atoms with E-state index in [1.807, 2.05) is 46.2 Å². The predicted octanol–water partition coefficient (Wildman–Crippen LogP) is 5.51. The third-order valence-corrected chi connectivity index (χ3v) is 10.7. The zero-order valence-electron chi connectivity index (χ0n) is 26.2. The van der Waals surface area contributed by atoms with Crippen LogP contribution in [0.3, 0.4) is 0 Å². The fraction of sp³-hybridized carbons (Fsp3) is 0.545. The van der Waals surface area contributed by atoms with Crippen molar-refractivity contribution in [2.24, 2.45) is 5.92 Å². The highest BCUT2D eigenvalue weighted by Crippen LogP contribution is 2.31. The smallest absolute Gasteiger partial charge is 0.322 e. The van der Waals surface area contributed by atoms with Gasteiger partial charge in [0.2, 0.25) is 5.91 Å². The number of piperidine rings is 2. The molecular weight excluding hydrogens is 702 g/mol. The van der Waals surface area contributed by atoms with Crippen molar-refractivity contribution in [2.75, 3.05) is 57.9 Å². The molecule has 2 fully saturated rings. The Kier molecular flexibility index (Phi) is 11.3. The molecule has 3 aliphatic rings. The SMILES string of the molecule is CN(C)CCCC1CCN(C(=O)[C@@H](Cc2cc(Br)c(N)c(Br)c2)NC(=O)N2CCC(N3Cc4ccccc4NC3=O)CC2)CC1. The Labute approximate surface area is 283 Å². The van der Waals surface area contributed by atoms with Gasteiger partial charge in [-0.15, -0.1) is 0 Å². The first kappa shape index (κ1) is 33.5. The number of carbonyl (C=O) groups excluding carboxylic acids is 3. The Morgan fingerprint density at radius 2 is 1.67 bits per heavy atom. The van der Waals surface area contributed by atoms with Crippen LogP contribution in [0, 0.1) is 5.92 Å². The van der Waals surface area contributed by atoms with Crippen LogP contribution in [0.25, 0.3) is 0 Å². The van der Waals surface area contributed by atoms with Crippen molar-refractivity contribution >= 4 is 61.2 Å². The molecule has 0 aliphatic carbocycles. The summed E-state index contributed by atoms with van der Waals surface area (Å²) in [4.78, 5) is 48.2. The van der Waals surface area contributed by atoms with Crippen molar-refractivity contribution in [3.63, 3.8) is 0 Å². The van der Waals surface area contributed by atoms with Gasteiger partial charge in [-0.1, -0.05) is 18.2 Å². The van der Waals surface area contributed by atoms with Gasteiger partial charge < -0.3 is 36.0 Å². The van der Waals surface area contributed by atoms with Gasteiger partial charge in [-0.25, -0.2) is 9.59 Å². The Hall–Kier alpha value is -2.83. The second-order valence-corrected chi connectivity index (χ2v) is 14.5. The van der Waals surface area contributed by atoms with Gasteiger partial charge in [-0.3, -0.25) is 4.79 Å². The monoisotopic (exact) mass is 745 g/mol. The lowest BCUT2D eigenvalue weighted by molar-refractivity contribution is -0.134. The van der Waals surface area contributed by atoms with E-state index in [0.717, 1.165) is 51.6 Å². The van der Waals surface area contributed by atoms with E-state index in [-0.39, 0.29) is 24.0 Å². The summed E-state index contributed by atoms with van der Waals surface area (Å²) in [6, 6.07) is 10.7. The molecule has 10 nitrogen and oxygen atoms in total. The number of amides is 5. The Morgan fingerprint density at radius 1 is 1.02 bits per heavy atom. The predicted molar refractivity (Wildman–Crippen MR) is 185 cm³/mol. The molecule has 12 heteroatoms. The van der Waals surface area contributed by atoms with Gasteiger partial charge in [-0.05, 0) is 126 Å².